The summed E-state index contributed by atoms with van der Waals surface area (Å²) in [6.45, 7) is 8.15. The Labute approximate surface area is 103 Å². The number of amides is 1. The average molecular weight is 248 g/mol. The Bertz CT molecular complexity index is 235. The van der Waals surface area contributed by atoms with Gasteiger partial charge in [0.1, 0.15) is 0 Å². The van der Waals surface area contributed by atoms with Gasteiger partial charge in [-0.2, -0.15) is 0 Å². The minimum Gasteiger partial charge on any atom is -0.378 e. The Kier molecular flexibility index (Phi) is 5.06. The minimum absolute atomic E-state index is 0.164. The molecular weight excluding hydrogens is 226 g/mol. The van der Waals surface area contributed by atoms with Gasteiger partial charge in [-0.1, -0.05) is 0 Å². The number of rotatable bonds is 4. The fraction of sp³-hybridized carbons (Fsp3) is 0.917. The van der Waals surface area contributed by atoms with E-state index in [0.717, 1.165) is 32.5 Å². The van der Waals surface area contributed by atoms with E-state index in [1.807, 2.05) is 25.7 Å². The Balaban J connectivity index is 2.45. The molecule has 0 atom stereocenters. The summed E-state index contributed by atoms with van der Waals surface area (Å²) in [5, 5.41) is 0. The van der Waals surface area contributed by atoms with Crippen LogP contribution in [0, 0.1) is 5.41 Å². The second-order valence-electron chi connectivity index (χ2n) is 4.96. The minimum atomic E-state index is -0.444. The predicted molar refractivity (Wildman–Crippen MR) is 65.7 cm³/mol. The van der Waals surface area contributed by atoms with Crippen LogP contribution in [0.3, 0.4) is 0 Å². The molecular formula is C12H22ClNO2. The van der Waals surface area contributed by atoms with Crippen LogP contribution < -0.4 is 0 Å². The number of carbonyl (C=O) groups excluding carboxylic acids is 1. The predicted octanol–water partition coefficient (Wildman–Crippen LogP) is 2.28. The maximum atomic E-state index is 12.1. The highest BCUT2D eigenvalue weighted by molar-refractivity contribution is 6.19. The average Bonchev–Trinajstić information content (AvgIpc) is 2.29. The van der Waals surface area contributed by atoms with E-state index in [1.54, 1.807) is 0 Å². The Hall–Kier alpha value is -0.280. The standard InChI is InChI=1S/C12H22ClNO2/c1-4-16-10-5-7-14(8-6-10)11(15)12(2,3)9-13/h10H,4-9H2,1-3H3. The first-order chi connectivity index (χ1) is 7.51. The van der Waals surface area contributed by atoms with Crippen molar-refractivity contribution in [1.29, 1.82) is 0 Å². The Morgan fingerprint density at radius 1 is 1.44 bits per heavy atom. The molecule has 0 aliphatic carbocycles. The number of carbonyl (C=O) groups is 1. The van der Waals surface area contributed by atoms with Gasteiger partial charge in [-0.05, 0) is 33.6 Å². The molecule has 16 heavy (non-hydrogen) atoms. The van der Waals surface area contributed by atoms with Crippen molar-refractivity contribution in [3.05, 3.63) is 0 Å². The second-order valence-corrected chi connectivity index (χ2v) is 5.23. The molecule has 0 spiro atoms. The molecule has 0 bridgehead atoms. The van der Waals surface area contributed by atoms with Crippen LogP contribution in [0.2, 0.25) is 0 Å². The van der Waals surface area contributed by atoms with Gasteiger partial charge in [0.25, 0.3) is 0 Å². The summed E-state index contributed by atoms with van der Waals surface area (Å²) in [6, 6.07) is 0. The molecule has 4 heteroatoms. The van der Waals surface area contributed by atoms with Gasteiger partial charge in [0, 0.05) is 25.6 Å². The van der Waals surface area contributed by atoms with Crippen molar-refractivity contribution in [2.45, 2.75) is 39.7 Å². The molecule has 1 fully saturated rings. The fourth-order valence-corrected chi connectivity index (χ4v) is 2.06. The zero-order valence-electron chi connectivity index (χ0n) is 10.5. The van der Waals surface area contributed by atoms with Crippen LogP contribution in [-0.4, -0.2) is 42.5 Å². The van der Waals surface area contributed by atoms with Gasteiger partial charge < -0.3 is 9.64 Å². The summed E-state index contributed by atoms with van der Waals surface area (Å²) in [5.74, 6) is 0.537. The monoisotopic (exact) mass is 247 g/mol. The first kappa shape index (κ1) is 13.8. The summed E-state index contributed by atoms with van der Waals surface area (Å²) in [4.78, 5) is 14.0. The molecule has 0 radical (unpaired) electrons. The van der Waals surface area contributed by atoms with E-state index >= 15 is 0 Å². The van der Waals surface area contributed by atoms with Crippen molar-refractivity contribution in [1.82, 2.24) is 4.90 Å². The van der Waals surface area contributed by atoms with Gasteiger partial charge in [-0.15, -0.1) is 11.6 Å². The summed E-state index contributed by atoms with van der Waals surface area (Å²) in [6.07, 6.45) is 2.21. The third kappa shape index (κ3) is 3.36. The van der Waals surface area contributed by atoms with Crippen LogP contribution >= 0.6 is 11.6 Å². The molecule has 0 aromatic heterocycles. The molecule has 1 saturated heterocycles. The van der Waals surface area contributed by atoms with Crippen LogP contribution in [-0.2, 0) is 9.53 Å². The highest BCUT2D eigenvalue weighted by Gasteiger charge is 2.33. The first-order valence-electron chi connectivity index (χ1n) is 5.98. The second kappa shape index (κ2) is 5.87. The smallest absolute Gasteiger partial charge is 0.229 e. The van der Waals surface area contributed by atoms with Crippen molar-refractivity contribution in [3.8, 4) is 0 Å². The van der Waals surface area contributed by atoms with E-state index in [4.69, 9.17) is 16.3 Å². The summed E-state index contributed by atoms with van der Waals surface area (Å²) >= 11 is 5.81. The van der Waals surface area contributed by atoms with Crippen molar-refractivity contribution >= 4 is 17.5 Å². The molecule has 0 N–H and O–H groups in total. The maximum Gasteiger partial charge on any atom is 0.229 e. The molecule has 1 aliphatic heterocycles. The maximum absolute atomic E-state index is 12.1. The number of nitrogens with zero attached hydrogens (tertiary/aromatic N) is 1. The first-order valence-corrected chi connectivity index (χ1v) is 6.51. The lowest BCUT2D eigenvalue weighted by Crippen LogP contribution is -2.47. The summed E-state index contributed by atoms with van der Waals surface area (Å²) in [7, 11) is 0. The van der Waals surface area contributed by atoms with E-state index in [9.17, 15) is 4.79 Å². The largest absolute Gasteiger partial charge is 0.378 e. The van der Waals surface area contributed by atoms with Crippen LogP contribution in [0.25, 0.3) is 0 Å². The highest BCUT2D eigenvalue weighted by atomic mass is 35.5. The van der Waals surface area contributed by atoms with Crippen LogP contribution in [0.15, 0.2) is 0 Å². The van der Waals surface area contributed by atoms with E-state index in [-0.39, 0.29) is 5.91 Å². The van der Waals surface area contributed by atoms with Gasteiger partial charge in [0.2, 0.25) is 5.91 Å². The van der Waals surface area contributed by atoms with E-state index in [0.29, 0.717) is 12.0 Å². The highest BCUT2D eigenvalue weighted by Crippen LogP contribution is 2.23. The van der Waals surface area contributed by atoms with Crippen LogP contribution in [0.5, 0.6) is 0 Å². The molecule has 0 saturated carbocycles. The molecule has 1 aliphatic rings. The SMILES string of the molecule is CCOC1CCN(C(=O)C(C)(C)CCl)CC1. The van der Waals surface area contributed by atoms with Crippen molar-refractivity contribution < 1.29 is 9.53 Å². The van der Waals surface area contributed by atoms with Gasteiger partial charge in [0.15, 0.2) is 0 Å². The number of hydrogen-bond acceptors (Lipinski definition) is 2. The normalized spacial score (nSPS) is 18.9. The summed E-state index contributed by atoms with van der Waals surface area (Å²) < 4.78 is 5.56. The molecule has 0 aromatic rings. The Morgan fingerprint density at radius 3 is 2.44 bits per heavy atom. The molecule has 1 rings (SSSR count). The van der Waals surface area contributed by atoms with Crippen LogP contribution in [0.1, 0.15) is 33.6 Å². The lowest BCUT2D eigenvalue weighted by molar-refractivity contribution is -0.141. The van der Waals surface area contributed by atoms with E-state index in [1.165, 1.54) is 0 Å². The van der Waals surface area contributed by atoms with Crippen molar-refractivity contribution in [2.24, 2.45) is 5.41 Å². The number of alkyl halides is 1. The van der Waals surface area contributed by atoms with Gasteiger partial charge in [0.05, 0.1) is 11.5 Å². The van der Waals surface area contributed by atoms with Crippen LogP contribution in [0.4, 0.5) is 0 Å². The van der Waals surface area contributed by atoms with Gasteiger partial charge >= 0.3 is 0 Å². The summed E-state index contributed by atoms with van der Waals surface area (Å²) in [5.41, 5.74) is -0.444. The number of piperidine rings is 1. The number of ether oxygens (including phenoxy) is 1. The van der Waals surface area contributed by atoms with Gasteiger partial charge in [-0.25, -0.2) is 0 Å². The number of halogens is 1. The molecule has 94 valence electrons. The quantitative estimate of drug-likeness (QED) is 0.714. The zero-order chi connectivity index (χ0) is 12.2. The molecule has 0 aromatic carbocycles. The van der Waals surface area contributed by atoms with Crippen molar-refractivity contribution in [2.75, 3.05) is 25.6 Å². The lowest BCUT2D eigenvalue weighted by Gasteiger charge is -2.36. The zero-order valence-corrected chi connectivity index (χ0v) is 11.2. The molecule has 3 nitrogen and oxygen atoms in total. The number of likely N-dealkylation sites (tertiary alicyclic amines) is 1. The lowest BCUT2D eigenvalue weighted by atomic mass is 9.93. The molecule has 1 amide bonds. The molecule has 1 heterocycles. The van der Waals surface area contributed by atoms with E-state index in [2.05, 4.69) is 0 Å². The van der Waals surface area contributed by atoms with Gasteiger partial charge in [-0.3, -0.25) is 4.79 Å². The third-order valence-electron chi connectivity index (χ3n) is 3.04. The van der Waals surface area contributed by atoms with Crippen molar-refractivity contribution in [3.63, 3.8) is 0 Å². The number of hydrogen-bond donors (Lipinski definition) is 0. The third-order valence-corrected chi connectivity index (χ3v) is 3.71. The topological polar surface area (TPSA) is 29.5 Å². The van der Waals surface area contributed by atoms with E-state index < -0.39 is 5.41 Å². The molecule has 0 unspecified atom stereocenters. The fourth-order valence-electron chi connectivity index (χ4n) is 1.95. The Morgan fingerprint density at radius 2 is 2.00 bits per heavy atom.